The highest BCUT2D eigenvalue weighted by Crippen LogP contribution is 2.16. The SMILES string of the molecule is CCN(CC1CCCCO1)C(=O)c1ccncc1F. The molecule has 1 unspecified atom stereocenters. The van der Waals surface area contributed by atoms with Crippen molar-refractivity contribution < 1.29 is 13.9 Å². The van der Waals surface area contributed by atoms with Gasteiger partial charge in [0.25, 0.3) is 5.91 Å². The Kier molecular flexibility index (Phi) is 4.85. The van der Waals surface area contributed by atoms with E-state index in [1.165, 1.54) is 12.3 Å². The third-order valence-electron chi connectivity index (χ3n) is 3.37. The Morgan fingerprint density at radius 2 is 2.42 bits per heavy atom. The number of aromatic nitrogens is 1. The summed E-state index contributed by atoms with van der Waals surface area (Å²) in [5.41, 5.74) is 0.0765. The third-order valence-corrected chi connectivity index (χ3v) is 3.37. The van der Waals surface area contributed by atoms with Crippen LogP contribution in [0.3, 0.4) is 0 Å². The fourth-order valence-electron chi connectivity index (χ4n) is 2.27. The van der Waals surface area contributed by atoms with Crippen LogP contribution in [0.4, 0.5) is 4.39 Å². The number of rotatable bonds is 4. The molecule has 0 radical (unpaired) electrons. The first kappa shape index (κ1) is 13.9. The quantitative estimate of drug-likeness (QED) is 0.839. The third kappa shape index (κ3) is 3.50. The van der Waals surface area contributed by atoms with Gasteiger partial charge >= 0.3 is 0 Å². The van der Waals surface area contributed by atoms with Gasteiger partial charge in [0.1, 0.15) is 0 Å². The first-order valence-corrected chi connectivity index (χ1v) is 6.72. The van der Waals surface area contributed by atoms with Crippen LogP contribution in [0.25, 0.3) is 0 Å². The van der Waals surface area contributed by atoms with E-state index >= 15 is 0 Å². The van der Waals surface area contributed by atoms with Gasteiger partial charge in [0.05, 0.1) is 17.9 Å². The van der Waals surface area contributed by atoms with Crippen molar-refractivity contribution in [3.8, 4) is 0 Å². The number of ether oxygens (including phenoxy) is 1. The maximum absolute atomic E-state index is 13.6. The first-order chi connectivity index (χ1) is 9.22. The monoisotopic (exact) mass is 266 g/mol. The highest BCUT2D eigenvalue weighted by atomic mass is 19.1. The summed E-state index contributed by atoms with van der Waals surface area (Å²) in [6, 6.07) is 1.42. The highest BCUT2D eigenvalue weighted by molar-refractivity contribution is 5.94. The predicted molar refractivity (Wildman–Crippen MR) is 69.4 cm³/mol. The van der Waals surface area contributed by atoms with Gasteiger partial charge in [0.15, 0.2) is 5.82 Å². The molecule has 104 valence electrons. The molecule has 1 aromatic heterocycles. The van der Waals surface area contributed by atoms with Gasteiger partial charge in [-0.2, -0.15) is 0 Å². The van der Waals surface area contributed by atoms with E-state index in [-0.39, 0.29) is 17.6 Å². The number of hydrogen-bond donors (Lipinski definition) is 0. The Morgan fingerprint density at radius 1 is 1.58 bits per heavy atom. The van der Waals surface area contributed by atoms with Crippen LogP contribution in [0.2, 0.25) is 0 Å². The molecule has 0 aliphatic carbocycles. The van der Waals surface area contributed by atoms with Crippen LogP contribution in [-0.4, -0.2) is 41.6 Å². The minimum absolute atomic E-state index is 0.0718. The summed E-state index contributed by atoms with van der Waals surface area (Å²) < 4.78 is 19.2. The normalized spacial score (nSPS) is 19.2. The predicted octanol–water partition coefficient (Wildman–Crippen LogP) is 2.25. The average molecular weight is 266 g/mol. The van der Waals surface area contributed by atoms with Gasteiger partial charge in [-0.3, -0.25) is 9.78 Å². The number of pyridine rings is 1. The van der Waals surface area contributed by atoms with Crippen molar-refractivity contribution in [3.05, 3.63) is 29.8 Å². The molecule has 0 N–H and O–H groups in total. The Labute approximate surface area is 112 Å². The summed E-state index contributed by atoms with van der Waals surface area (Å²) in [4.78, 5) is 17.6. The smallest absolute Gasteiger partial charge is 0.257 e. The van der Waals surface area contributed by atoms with E-state index in [1.54, 1.807) is 4.90 Å². The minimum Gasteiger partial charge on any atom is -0.376 e. The Hall–Kier alpha value is -1.49. The zero-order valence-corrected chi connectivity index (χ0v) is 11.1. The lowest BCUT2D eigenvalue weighted by molar-refractivity contribution is -0.00321. The summed E-state index contributed by atoms with van der Waals surface area (Å²) in [7, 11) is 0. The molecule has 1 atom stereocenters. The molecule has 1 amide bonds. The van der Waals surface area contributed by atoms with Gasteiger partial charge in [-0.25, -0.2) is 4.39 Å². The van der Waals surface area contributed by atoms with Gasteiger partial charge in [0.2, 0.25) is 0 Å². The van der Waals surface area contributed by atoms with E-state index in [1.807, 2.05) is 6.92 Å². The van der Waals surface area contributed by atoms with Crippen molar-refractivity contribution in [3.63, 3.8) is 0 Å². The lowest BCUT2D eigenvalue weighted by Crippen LogP contribution is -2.40. The molecule has 0 spiro atoms. The van der Waals surface area contributed by atoms with Crippen LogP contribution < -0.4 is 0 Å². The maximum Gasteiger partial charge on any atom is 0.257 e. The Bertz CT molecular complexity index is 433. The summed E-state index contributed by atoms with van der Waals surface area (Å²) in [5, 5.41) is 0. The molecular weight excluding hydrogens is 247 g/mol. The van der Waals surface area contributed by atoms with Crippen LogP contribution in [0.15, 0.2) is 18.5 Å². The second kappa shape index (κ2) is 6.61. The number of nitrogens with zero attached hydrogens (tertiary/aromatic N) is 2. The Balaban J connectivity index is 2.04. The molecule has 2 rings (SSSR count). The Morgan fingerprint density at radius 3 is 3.05 bits per heavy atom. The molecular formula is C14H19FN2O2. The van der Waals surface area contributed by atoms with Gasteiger partial charge in [0, 0.05) is 25.9 Å². The maximum atomic E-state index is 13.6. The lowest BCUT2D eigenvalue weighted by Gasteiger charge is -2.29. The largest absolute Gasteiger partial charge is 0.376 e. The molecule has 5 heteroatoms. The van der Waals surface area contributed by atoms with Gasteiger partial charge in [-0.1, -0.05) is 0 Å². The molecule has 4 nitrogen and oxygen atoms in total. The molecule has 2 heterocycles. The van der Waals surface area contributed by atoms with Crippen molar-refractivity contribution in [2.75, 3.05) is 19.7 Å². The summed E-state index contributed by atoms with van der Waals surface area (Å²) in [6.45, 7) is 3.71. The van der Waals surface area contributed by atoms with Crippen LogP contribution in [0.1, 0.15) is 36.5 Å². The molecule has 1 saturated heterocycles. The van der Waals surface area contributed by atoms with Gasteiger partial charge in [-0.15, -0.1) is 0 Å². The van der Waals surface area contributed by atoms with Crippen LogP contribution >= 0.6 is 0 Å². The van der Waals surface area contributed by atoms with Crippen molar-refractivity contribution in [1.82, 2.24) is 9.88 Å². The van der Waals surface area contributed by atoms with Crippen molar-refractivity contribution >= 4 is 5.91 Å². The lowest BCUT2D eigenvalue weighted by atomic mass is 10.1. The zero-order valence-electron chi connectivity index (χ0n) is 11.1. The number of amides is 1. The second-order valence-electron chi connectivity index (χ2n) is 4.69. The summed E-state index contributed by atoms with van der Waals surface area (Å²) >= 11 is 0. The second-order valence-corrected chi connectivity index (χ2v) is 4.69. The van der Waals surface area contributed by atoms with Crippen LogP contribution in [0.5, 0.6) is 0 Å². The topological polar surface area (TPSA) is 42.4 Å². The van der Waals surface area contributed by atoms with Crippen molar-refractivity contribution in [2.45, 2.75) is 32.3 Å². The van der Waals surface area contributed by atoms with E-state index in [9.17, 15) is 9.18 Å². The summed E-state index contributed by atoms with van der Waals surface area (Å²) in [5.74, 6) is -0.868. The molecule has 0 saturated carbocycles. The minimum atomic E-state index is -0.574. The van der Waals surface area contributed by atoms with Gasteiger partial charge < -0.3 is 9.64 Å². The first-order valence-electron chi connectivity index (χ1n) is 6.72. The fraction of sp³-hybridized carbons (Fsp3) is 0.571. The molecule has 1 fully saturated rings. The standard InChI is InChI=1S/C14H19FN2O2/c1-2-17(10-11-5-3-4-8-19-11)14(18)12-6-7-16-9-13(12)15/h6-7,9,11H,2-5,8,10H2,1H3. The molecule has 19 heavy (non-hydrogen) atoms. The van der Waals surface area contributed by atoms with Gasteiger partial charge in [-0.05, 0) is 32.3 Å². The van der Waals surface area contributed by atoms with Crippen LogP contribution in [-0.2, 0) is 4.74 Å². The number of likely N-dealkylation sites (N-methyl/N-ethyl adjacent to an activating group) is 1. The number of carbonyl (C=O) groups excluding carboxylic acids is 1. The average Bonchev–Trinajstić information content (AvgIpc) is 2.46. The number of hydrogen-bond acceptors (Lipinski definition) is 3. The fourth-order valence-corrected chi connectivity index (χ4v) is 2.27. The van der Waals surface area contributed by atoms with E-state index in [0.717, 1.165) is 32.1 Å². The van der Waals surface area contributed by atoms with Crippen molar-refractivity contribution in [1.29, 1.82) is 0 Å². The molecule has 0 aromatic carbocycles. The van der Waals surface area contributed by atoms with E-state index in [2.05, 4.69) is 4.98 Å². The number of carbonyl (C=O) groups is 1. The zero-order chi connectivity index (χ0) is 13.7. The highest BCUT2D eigenvalue weighted by Gasteiger charge is 2.23. The molecule has 1 aliphatic heterocycles. The van der Waals surface area contributed by atoms with E-state index in [4.69, 9.17) is 4.74 Å². The van der Waals surface area contributed by atoms with E-state index in [0.29, 0.717) is 13.1 Å². The molecule has 0 bridgehead atoms. The van der Waals surface area contributed by atoms with E-state index < -0.39 is 5.82 Å². The number of halogens is 1. The summed E-state index contributed by atoms with van der Waals surface area (Å²) in [6.07, 6.45) is 5.74. The molecule has 1 aliphatic rings. The van der Waals surface area contributed by atoms with Crippen molar-refractivity contribution in [2.24, 2.45) is 0 Å². The van der Waals surface area contributed by atoms with Crippen LogP contribution in [0, 0.1) is 5.82 Å². The molecule has 1 aromatic rings.